The molecule has 1 aromatic heterocycles. The number of nitrogens with zero attached hydrogens (tertiary/aromatic N) is 1. The van der Waals surface area contributed by atoms with E-state index in [1.54, 1.807) is 6.39 Å². The second-order valence-electron chi connectivity index (χ2n) is 6.50. The molecule has 0 bridgehead atoms. The zero-order valence-electron chi connectivity index (χ0n) is 11.5. The van der Waals surface area contributed by atoms with E-state index in [4.69, 9.17) is 4.42 Å². The van der Waals surface area contributed by atoms with Gasteiger partial charge in [0.05, 0.1) is 5.69 Å². The van der Waals surface area contributed by atoms with Crippen molar-refractivity contribution in [1.29, 1.82) is 0 Å². The van der Waals surface area contributed by atoms with Crippen LogP contribution in [0.25, 0.3) is 0 Å². The first-order valence-electron chi connectivity index (χ1n) is 6.59. The van der Waals surface area contributed by atoms with Gasteiger partial charge in [0.2, 0.25) is 0 Å². The summed E-state index contributed by atoms with van der Waals surface area (Å²) in [5.41, 5.74) is 1.42. The third kappa shape index (κ3) is 2.89. The minimum atomic E-state index is 0.118. The second kappa shape index (κ2) is 4.45. The van der Waals surface area contributed by atoms with Crippen LogP contribution in [0.15, 0.2) is 10.8 Å². The third-order valence-electron chi connectivity index (χ3n) is 3.68. The molecular weight excluding hydrogens is 212 g/mol. The Morgan fingerprint density at radius 2 is 2.00 bits per heavy atom. The number of nitrogens with one attached hydrogen (secondary N) is 1. The van der Waals surface area contributed by atoms with Crippen LogP contribution in [0, 0.1) is 0 Å². The average molecular weight is 236 g/mol. The largest absolute Gasteiger partial charge is 0.448 e. The van der Waals surface area contributed by atoms with Gasteiger partial charge in [-0.25, -0.2) is 4.98 Å². The second-order valence-corrected chi connectivity index (χ2v) is 6.50. The predicted octanol–water partition coefficient (Wildman–Crippen LogP) is 3.39. The number of oxazole rings is 1. The lowest BCUT2D eigenvalue weighted by molar-refractivity contribution is 0.355. The van der Waals surface area contributed by atoms with Crippen LogP contribution in [0.1, 0.15) is 64.8 Å². The smallest absolute Gasteiger partial charge is 0.181 e. The molecule has 3 nitrogen and oxygen atoms in total. The highest BCUT2D eigenvalue weighted by Crippen LogP contribution is 2.41. The zero-order valence-corrected chi connectivity index (χ0v) is 11.5. The molecule has 0 atom stereocenters. The number of hydrogen-bond acceptors (Lipinski definition) is 3. The van der Waals surface area contributed by atoms with Gasteiger partial charge in [-0.05, 0) is 33.6 Å². The Morgan fingerprint density at radius 3 is 2.59 bits per heavy atom. The van der Waals surface area contributed by atoms with Crippen molar-refractivity contribution in [2.24, 2.45) is 0 Å². The molecule has 1 aliphatic rings. The van der Waals surface area contributed by atoms with Crippen LogP contribution in [0.5, 0.6) is 0 Å². The van der Waals surface area contributed by atoms with Crippen molar-refractivity contribution in [3.63, 3.8) is 0 Å². The summed E-state index contributed by atoms with van der Waals surface area (Å²) < 4.78 is 5.67. The van der Waals surface area contributed by atoms with Crippen molar-refractivity contribution in [3.8, 4) is 0 Å². The van der Waals surface area contributed by atoms with Crippen molar-refractivity contribution in [2.75, 3.05) is 0 Å². The molecule has 1 aliphatic carbocycles. The minimum Gasteiger partial charge on any atom is -0.448 e. The van der Waals surface area contributed by atoms with Crippen LogP contribution >= 0.6 is 0 Å². The molecule has 96 valence electrons. The first-order chi connectivity index (χ1) is 7.91. The maximum atomic E-state index is 5.67. The van der Waals surface area contributed by atoms with Crippen molar-refractivity contribution in [3.05, 3.63) is 17.8 Å². The summed E-state index contributed by atoms with van der Waals surface area (Å²) >= 11 is 0. The standard InChI is InChI=1S/C14H24N2O/c1-13(2,3)16-9-11-12(17-10-15-11)14(4)7-5-6-8-14/h10,16H,5-9H2,1-4H3. The highest BCUT2D eigenvalue weighted by molar-refractivity contribution is 5.20. The summed E-state index contributed by atoms with van der Waals surface area (Å²) in [5.74, 6) is 1.10. The molecule has 1 N–H and O–H groups in total. The van der Waals surface area contributed by atoms with Gasteiger partial charge in [-0.2, -0.15) is 0 Å². The SMILES string of the molecule is CC(C)(C)NCc1ncoc1C1(C)CCCC1. The van der Waals surface area contributed by atoms with E-state index in [1.165, 1.54) is 25.7 Å². The average Bonchev–Trinajstić information content (AvgIpc) is 2.82. The van der Waals surface area contributed by atoms with E-state index in [9.17, 15) is 0 Å². The van der Waals surface area contributed by atoms with E-state index in [1.807, 2.05) is 0 Å². The van der Waals surface area contributed by atoms with Gasteiger partial charge in [-0.3, -0.25) is 0 Å². The van der Waals surface area contributed by atoms with E-state index < -0.39 is 0 Å². The Balaban J connectivity index is 2.11. The molecule has 0 saturated heterocycles. The normalized spacial score (nSPS) is 19.8. The van der Waals surface area contributed by atoms with E-state index in [-0.39, 0.29) is 11.0 Å². The molecule has 0 radical (unpaired) electrons. The molecule has 0 amide bonds. The maximum absolute atomic E-state index is 5.67. The molecule has 0 unspecified atom stereocenters. The molecule has 0 aliphatic heterocycles. The lowest BCUT2D eigenvalue weighted by Gasteiger charge is -2.24. The van der Waals surface area contributed by atoms with Gasteiger partial charge in [-0.1, -0.05) is 19.8 Å². The van der Waals surface area contributed by atoms with E-state index in [0.29, 0.717) is 0 Å². The molecule has 0 spiro atoms. The van der Waals surface area contributed by atoms with E-state index in [0.717, 1.165) is 18.0 Å². The van der Waals surface area contributed by atoms with Crippen LogP contribution in [0.2, 0.25) is 0 Å². The monoisotopic (exact) mass is 236 g/mol. The Morgan fingerprint density at radius 1 is 1.35 bits per heavy atom. The highest BCUT2D eigenvalue weighted by atomic mass is 16.3. The molecule has 3 heteroatoms. The van der Waals surface area contributed by atoms with Crippen molar-refractivity contribution in [1.82, 2.24) is 10.3 Å². The Labute approximate surface area is 104 Å². The fraction of sp³-hybridized carbons (Fsp3) is 0.786. The lowest BCUT2D eigenvalue weighted by Crippen LogP contribution is -2.36. The van der Waals surface area contributed by atoms with Crippen molar-refractivity contribution >= 4 is 0 Å². The topological polar surface area (TPSA) is 38.1 Å². The van der Waals surface area contributed by atoms with Gasteiger partial charge >= 0.3 is 0 Å². The van der Waals surface area contributed by atoms with Crippen LogP contribution in [-0.2, 0) is 12.0 Å². The van der Waals surface area contributed by atoms with Gasteiger partial charge in [-0.15, -0.1) is 0 Å². The van der Waals surface area contributed by atoms with Gasteiger partial charge in [0.15, 0.2) is 6.39 Å². The molecule has 2 rings (SSSR count). The number of hydrogen-bond donors (Lipinski definition) is 1. The van der Waals surface area contributed by atoms with E-state index >= 15 is 0 Å². The molecule has 1 fully saturated rings. The first kappa shape index (κ1) is 12.6. The Hall–Kier alpha value is -0.830. The molecular formula is C14H24N2O. The van der Waals surface area contributed by atoms with Crippen LogP contribution < -0.4 is 5.32 Å². The minimum absolute atomic E-state index is 0.118. The summed E-state index contributed by atoms with van der Waals surface area (Å²) in [5, 5.41) is 3.48. The van der Waals surface area contributed by atoms with Crippen LogP contribution in [0.4, 0.5) is 0 Å². The highest BCUT2D eigenvalue weighted by Gasteiger charge is 2.36. The first-order valence-corrected chi connectivity index (χ1v) is 6.59. The summed E-state index contributed by atoms with van der Waals surface area (Å²) in [6, 6.07) is 0. The lowest BCUT2D eigenvalue weighted by atomic mass is 9.85. The van der Waals surface area contributed by atoms with E-state index in [2.05, 4.69) is 38.0 Å². The molecule has 17 heavy (non-hydrogen) atoms. The summed E-state index contributed by atoms with van der Waals surface area (Å²) in [4.78, 5) is 4.38. The Kier molecular flexibility index (Phi) is 3.30. The fourth-order valence-electron chi connectivity index (χ4n) is 2.62. The third-order valence-corrected chi connectivity index (χ3v) is 3.68. The predicted molar refractivity (Wildman–Crippen MR) is 68.9 cm³/mol. The Bertz CT molecular complexity index is 370. The summed E-state index contributed by atoms with van der Waals surface area (Å²) in [6.07, 6.45) is 6.67. The van der Waals surface area contributed by atoms with Crippen LogP contribution in [0.3, 0.4) is 0 Å². The number of aromatic nitrogens is 1. The molecule has 1 saturated carbocycles. The molecule has 0 aromatic carbocycles. The molecule has 1 aromatic rings. The maximum Gasteiger partial charge on any atom is 0.181 e. The van der Waals surface area contributed by atoms with Crippen LogP contribution in [-0.4, -0.2) is 10.5 Å². The van der Waals surface area contributed by atoms with Crippen molar-refractivity contribution < 1.29 is 4.42 Å². The molecule has 1 heterocycles. The van der Waals surface area contributed by atoms with Gasteiger partial charge in [0.25, 0.3) is 0 Å². The fourth-order valence-corrected chi connectivity index (χ4v) is 2.62. The number of rotatable bonds is 3. The summed E-state index contributed by atoms with van der Waals surface area (Å²) in [7, 11) is 0. The van der Waals surface area contributed by atoms with Gasteiger partial charge < -0.3 is 9.73 Å². The van der Waals surface area contributed by atoms with Gasteiger partial charge in [0, 0.05) is 17.5 Å². The van der Waals surface area contributed by atoms with Gasteiger partial charge in [0.1, 0.15) is 5.76 Å². The quantitative estimate of drug-likeness (QED) is 0.874. The summed E-state index contributed by atoms with van der Waals surface area (Å²) in [6.45, 7) is 9.62. The zero-order chi connectivity index (χ0) is 12.5. The van der Waals surface area contributed by atoms with Crippen molar-refractivity contribution in [2.45, 2.75) is 70.9 Å².